The lowest BCUT2D eigenvalue weighted by Crippen LogP contribution is -2.32. The van der Waals surface area contributed by atoms with Gasteiger partial charge in [0.2, 0.25) is 5.91 Å². The van der Waals surface area contributed by atoms with Crippen molar-refractivity contribution >= 4 is 33.1 Å². The van der Waals surface area contributed by atoms with Crippen LogP contribution in [0.1, 0.15) is 29.9 Å². The summed E-state index contributed by atoms with van der Waals surface area (Å²) in [5, 5.41) is 12.9. The normalized spacial score (nSPS) is 11.5. The lowest BCUT2D eigenvalue weighted by Gasteiger charge is -2.09. The summed E-state index contributed by atoms with van der Waals surface area (Å²) in [4.78, 5) is 26.7. The van der Waals surface area contributed by atoms with Crippen LogP contribution in [0.4, 0.5) is 0 Å². The van der Waals surface area contributed by atoms with E-state index in [1.54, 1.807) is 24.3 Å². The van der Waals surface area contributed by atoms with E-state index in [9.17, 15) is 18.0 Å². The molecule has 0 fully saturated rings. The molecule has 1 heterocycles. The smallest absolute Gasteiger partial charge is 0.355 e. The van der Waals surface area contributed by atoms with Gasteiger partial charge in [-0.3, -0.25) is 4.79 Å². The Morgan fingerprint density at radius 3 is 2.64 bits per heavy atom. The van der Waals surface area contributed by atoms with Gasteiger partial charge in [0.25, 0.3) is 0 Å². The van der Waals surface area contributed by atoms with Gasteiger partial charge in [0.05, 0.1) is 5.25 Å². The van der Waals surface area contributed by atoms with Gasteiger partial charge in [0, 0.05) is 17.5 Å². The molecule has 25 heavy (non-hydrogen) atoms. The number of carboxylic acids is 1. The highest BCUT2D eigenvalue weighted by atomic mass is 32.2. The molecule has 0 bridgehead atoms. The molecule has 9 heteroatoms. The van der Waals surface area contributed by atoms with Crippen molar-refractivity contribution < 1.29 is 23.1 Å². The third kappa shape index (κ3) is 5.10. The second-order valence-electron chi connectivity index (χ2n) is 5.68. The lowest BCUT2D eigenvalue weighted by atomic mass is 10.1. The van der Waals surface area contributed by atoms with Gasteiger partial charge in [0.1, 0.15) is 10.8 Å². The number of aromatic nitrogens is 1. The number of hydrogen-bond donors (Lipinski definition) is 2. The lowest BCUT2D eigenvalue weighted by molar-refractivity contribution is -0.118. The summed E-state index contributed by atoms with van der Waals surface area (Å²) < 4.78 is 23.5. The number of thiazole rings is 1. The summed E-state index contributed by atoms with van der Waals surface area (Å²) in [6.45, 7) is 3.24. The third-order valence-corrected chi connectivity index (χ3v) is 6.43. The van der Waals surface area contributed by atoms with Gasteiger partial charge in [0.15, 0.2) is 15.5 Å². The number of aromatic carboxylic acids is 1. The van der Waals surface area contributed by atoms with E-state index in [1.165, 1.54) is 30.6 Å². The Labute approximate surface area is 149 Å². The van der Waals surface area contributed by atoms with Crippen molar-refractivity contribution in [3.63, 3.8) is 0 Å². The molecular weight excluding hydrogens is 364 g/mol. The van der Waals surface area contributed by atoms with E-state index in [0.29, 0.717) is 5.01 Å². The monoisotopic (exact) mass is 382 g/mol. The van der Waals surface area contributed by atoms with Crippen LogP contribution in [-0.4, -0.2) is 41.4 Å². The molecule has 0 unspecified atom stereocenters. The second kappa shape index (κ2) is 7.75. The van der Waals surface area contributed by atoms with Crippen molar-refractivity contribution in [2.75, 3.05) is 5.75 Å². The number of hydrogen-bond acceptors (Lipinski definition) is 6. The van der Waals surface area contributed by atoms with Crippen molar-refractivity contribution in [2.24, 2.45) is 0 Å². The van der Waals surface area contributed by atoms with Crippen LogP contribution >= 0.6 is 11.3 Å². The van der Waals surface area contributed by atoms with E-state index in [-0.39, 0.29) is 12.2 Å². The number of carbonyl (C=O) groups excluding carboxylic acids is 1. The second-order valence-corrected chi connectivity index (χ2v) is 9.09. The molecule has 1 amide bonds. The first kappa shape index (κ1) is 19.1. The molecule has 0 aliphatic carbocycles. The van der Waals surface area contributed by atoms with Gasteiger partial charge in [-0.05, 0) is 25.5 Å². The predicted octanol–water partition coefficient (Wildman–Crippen LogP) is 1.95. The molecule has 1 aromatic carbocycles. The van der Waals surface area contributed by atoms with Crippen LogP contribution in [-0.2, 0) is 21.2 Å². The minimum Gasteiger partial charge on any atom is -0.476 e. The van der Waals surface area contributed by atoms with Crippen molar-refractivity contribution in [1.82, 2.24) is 10.3 Å². The molecular formula is C16H18N2O5S2. The average molecular weight is 382 g/mol. The Hall–Kier alpha value is -2.26. The van der Waals surface area contributed by atoms with Crippen molar-refractivity contribution in [2.45, 2.75) is 25.6 Å². The molecule has 0 aliphatic rings. The first-order chi connectivity index (χ1) is 11.7. The summed E-state index contributed by atoms with van der Waals surface area (Å²) in [7, 11) is -3.43. The summed E-state index contributed by atoms with van der Waals surface area (Å²) in [6.07, 6.45) is 0. The van der Waals surface area contributed by atoms with E-state index in [0.717, 1.165) is 11.1 Å². The van der Waals surface area contributed by atoms with Crippen molar-refractivity contribution in [1.29, 1.82) is 0 Å². The molecule has 0 saturated carbocycles. The molecule has 1 aromatic heterocycles. The fourth-order valence-corrected chi connectivity index (χ4v) is 3.51. The Morgan fingerprint density at radius 1 is 1.32 bits per heavy atom. The highest BCUT2D eigenvalue weighted by molar-refractivity contribution is 7.92. The quantitative estimate of drug-likeness (QED) is 0.757. The fourth-order valence-electron chi connectivity index (χ4n) is 1.92. The van der Waals surface area contributed by atoms with E-state index in [4.69, 9.17) is 5.11 Å². The topological polar surface area (TPSA) is 113 Å². The summed E-state index contributed by atoms with van der Waals surface area (Å²) >= 11 is 1.22. The molecule has 0 spiro atoms. The molecule has 0 atom stereocenters. The molecule has 134 valence electrons. The molecule has 0 radical (unpaired) electrons. The maximum absolute atomic E-state index is 11.8. The zero-order chi connectivity index (χ0) is 18.6. The number of rotatable bonds is 7. The first-order valence-electron chi connectivity index (χ1n) is 7.45. The van der Waals surface area contributed by atoms with Gasteiger partial charge in [-0.1, -0.05) is 18.2 Å². The zero-order valence-corrected chi connectivity index (χ0v) is 15.4. The minimum absolute atomic E-state index is 0.0161. The van der Waals surface area contributed by atoms with Gasteiger partial charge >= 0.3 is 5.97 Å². The third-order valence-electron chi connectivity index (χ3n) is 3.44. The van der Waals surface area contributed by atoms with Gasteiger partial charge in [-0.2, -0.15) is 0 Å². The first-order valence-corrected chi connectivity index (χ1v) is 10.0. The van der Waals surface area contributed by atoms with Crippen LogP contribution < -0.4 is 5.32 Å². The predicted molar refractivity (Wildman–Crippen MR) is 95.3 cm³/mol. The molecule has 2 N–H and O–H groups in total. The standard InChI is InChI=1S/C16H18N2O5S2/c1-10(2)25(22,23)9-14(19)17-7-11-4-3-5-12(6-11)15-18-13(8-24-15)16(20)21/h3-6,8,10H,7,9H2,1-2H3,(H,17,19)(H,20,21). The Balaban J connectivity index is 2.04. The van der Waals surface area contributed by atoms with Crippen molar-refractivity contribution in [3.8, 4) is 10.6 Å². The number of carbonyl (C=O) groups is 2. The zero-order valence-electron chi connectivity index (χ0n) is 13.7. The summed E-state index contributed by atoms with van der Waals surface area (Å²) in [5.74, 6) is -2.18. The van der Waals surface area contributed by atoms with E-state index >= 15 is 0 Å². The summed E-state index contributed by atoms with van der Waals surface area (Å²) in [6, 6.07) is 7.12. The molecule has 2 rings (SSSR count). The Kier molecular flexibility index (Phi) is 5.91. The number of sulfone groups is 1. The number of carboxylic acid groups (broad SMARTS) is 1. The van der Waals surface area contributed by atoms with Gasteiger partial charge in [-0.15, -0.1) is 11.3 Å². The minimum atomic E-state index is -3.43. The highest BCUT2D eigenvalue weighted by Crippen LogP contribution is 2.24. The molecule has 7 nitrogen and oxygen atoms in total. The van der Waals surface area contributed by atoms with Crippen LogP contribution in [0.5, 0.6) is 0 Å². The van der Waals surface area contributed by atoms with Crippen LogP contribution in [0.2, 0.25) is 0 Å². The van der Waals surface area contributed by atoms with Crippen LogP contribution in [0.15, 0.2) is 29.6 Å². The van der Waals surface area contributed by atoms with E-state index in [2.05, 4.69) is 10.3 Å². The number of amides is 1. The molecule has 2 aromatic rings. The maximum atomic E-state index is 11.8. The largest absolute Gasteiger partial charge is 0.476 e. The van der Waals surface area contributed by atoms with Crippen LogP contribution in [0, 0.1) is 0 Å². The number of benzene rings is 1. The Bertz CT molecular complexity index is 887. The van der Waals surface area contributed by atoms with Crippen LogP contribution in [0.3, 0.4) is 0 Å². The van der Waals surface area contributed by atoms with Crippen molar-refractivity contribution in [3.05, 3.63) is 40.9 Å². The summed E-state index contributed by atoms with van der Waals surface area (Å²) in [5.41, 5.74) is 1.48. The average Bonchev–Trinajstić information content (AvgIpc) is 3.03. The van der Waals surface area contributed by atoms with E-state index < -0.39 is 32.7 Å². The van der Waals surface area contributed by atoms with Crippen LogP contribution in [0.25, 0.3) is 10.6 Å². The molecule has 0 aliphatic heterocycles. The Morgan fingerprint density at radius 2 is 2.04 bits per heavy atom. The SMILES string of the molecule is CC(C)S(=O)(=O)CC(=O)NCc1cccc(-c2nc(C(=O)O)cs2)c1. The number of nitrogens with zero attached hydrogens (tertiary/aromatic N) is 1. The maximum Gasteiger partial charge on any atom is 0.355 e. The fraction of sp³-hybridized carbons (Fsp3) is 0.312. The van der Waals surface area contributed by atoms with E-state index in [1.807, 2.05) is 0 Å². The molecule has 0 saturated heterocycles. The highest BCUT2D eigenvalue weighted by Gasteiger charge is 2.20. The number of nitrogens with one attached hydrogen (secondary N) is 1. The van der Waals surface area contributed by atoms with Gasteiger partial charge < -0.3 is 10.4 Å². The van der Waals surface area contributed by atoms with Gasteiger partial charge in [-0.25, -0.2) is 18.2 Å².